The maximum atomic E-state index is 2.45. The smallest absolute Gasteiger partial charge is 0.0540 e. The van der Waals surface area contributed by atoms with E-state index in [0.717, 1.165) is 67.7 Å². The Morgan fingerprint density at radius 3 is 1.36 bits per heavy atom. The van der Waals surface area contributed by atoms with Crippen molar-refractivity contribution >= 4 is 104 Å². The van der Waals surface area contributed by atoms with Crippen molar-refractivity contribution in [2.24, 2.45) is 0 Å². The molecule has 4 heteroatoms. The van der Waals surface area contributed by atoms with Gasteiger partial charge in [0.1, 0.15) is 0 Å². The summed E-state index contributed by atoms with van der Waals surface area (Å²) in [6.07, 6.45) is 0. The van der Waals surface area contributed by atoms with Crippen LogP contribution in [0.15, 0.2) is 261 Å². The molecule has 0 saturated carbocycles. The average Bonchev–Trinajstić information content (AvgIpc) is 3.76. The molecule has 1 heterocycles. The minimum absolute atomic E-state index is 1.05. The first-order chi connectivity index (χ1) is 32.7. The molecule has 0 unspecified atom stereocenters. The van der Waals surface area contributed by atoms with Crippen LogP contribution in [0, 0.1) is 0 Å². The number of hydrogen-bond acceptors (Lipinski definition) is 4. The largest absolute Gasteiger partial charge is 0.310 e. The van der Waals surface area contributed by atoms with Crippen LogP contribution in [0.2, 0.25) is 0 Å². The Bertz CT molecular complexity index is 3480. The van der Waals surface area contributed by atoms with E-state index in [0.29, 0.717) is 0 Å². The molecule has 12 rings (SSSR count). The normalized spacial score (nSPS) is 11.3. The van der Waals surface area contributed by atoms with Gasteiger partial charge in [-0.1, -0.05) is 152 Å². The van der Waals surface area contributed by atoms with Gasteiger partial charge in [-0.2, -0.15) is 0 Å². The Morgan fingerprint density at radius 2 is 0.727 bits per heavy atom. The molecule has 66 heavy (non-hydrogen) atoms. The van der Waals surface area contributed by atoms with Crippen LogP contribution < -0.4 is 14.7 Å². The first-order valence-electron chi connectivity index (χ1n) is 22.4. The van der Waals surface area contributed by atoms with Gasteiger partial charge in [0.05, 0.1) is 5.69 Å². The number of para-hydroxylation sites is 4. The summed E-state index contributed by atoms with van der Waals surface area (Å²) in [6.45, 7) is 0. The van der Waals surface area contributed by atoms with Crippen LogP contribution in [0.5, 0.6) is 0 Å². The summed E-state index contributed by atoms with van der Waals surface area (Å²) < 4.78 is 2.59. The highest BCUT2D eigenvalue weighted by Gasteiger charge is 2.22. The molecular formula is C62H43N3S. The SMILES string of the molecule is c1ccc(N(c2ccccc2)c2cc(-c3cccc4c(N(c5ccc6ccccc6c5)c5ccc6sc7ccccc7c6c5)cccc34)cc(N(c3ccccc3)c3ccccc3)c2)cc1. The lowest BCUT2D eigenvalue weighted by atomic mass is 9.95. The predicted octanol–water partition coefficient (Wildman–Crippen LogP) is 18.4. The first kappa shape index (κ1) is 39.2. The molecule has 12 aromatic rings. The highest BCUT2D eigenvalue weighted by molar-refractivity contribution is 7.25. The van der Waals surface area contributed by atoms with Crippen molar-refractivity contribution in [3.05, 3.63) is 261 Å². The summed E-state index contributed by atoms with van der Waals surface area (Å²) in [4.78, 5) is 7.18. The van der Waals surface area contributed by atoms with Gasteiger partial charge < -0.3 is 14.7 Å². The van der Waals surface area contributed by atoms with Crippen LogP contribution in [-0.4, -0.2) is 0 Å². The quantitative estimate of drug-likeness (QED) is 0.136. The molecule has 0 aliphatic heterocycles. The van der Waals surface area contributed by atoms with Crippen molar-refractivity contribution in [2.45, 2.75) is 0 Å². The molecule has 312 valence electrons. The van der Waals surface area contributed by atoms with Crippen LogP contribution in [0.25, 0.3) is 52.8 Å². The Balaban J connectivity index is 1.10. The van der Waals surface area contributed by atoms with Crippen LogP contribution in [-0.2, 0) is 0 Å². The topological polar surface area (TPSA) is 9.72 Å². The van der Waals surface area contributed by atoms with Crippen molar-refractivity contribution in [3.63, 3.8) is 0 Å². The second kappa shape index (κ2) is 16.9. The maximum absolute atomic E-state index is 2.45. The Hall–Kier alpha value is -8.44. The minimum atomic E-state index is 1.05. The summed E-state index contributed by atoms with van der Waals surface area (Å²) in [5.41, 5.74) is 12.0. The number of thiophene rings is 1. The lowest BCUT2D eigenvalue weighted by Crippen LogP contribution is -2.13. The lowest BCUT2D eigenvalue weighted by molar-refractivity contribution is 1.25. The van der Waals surface area contributed by atoms with E-state index in [9.17, 15) is 0 Å². The van der Waals surface area contributed by atoms with Crippen molar-refractivity contribution in [3.8, 4) is 11.1 Å². The fraction of sp³-hybridized carbons (Fsp3) is 0. The highest BCUT2D eigenvalue weighted by atomic mass is 32.1. The Labute approximate surface area is 388 Å². The van der Waals surface area contributed by atoms with E-state index in [2.05, 4.69) is 276 Å². The second-order valence-electron chi connectivity index (χ2n) is 16.6. The van der Waals surface area contributed by atoms with Gasteiger partial charge in [-0.25, -0.2) is 0 Å². The van der Waals surface area contributed by atoms with E-state index in [1.807, 2.05) is 11.3 Å². The summed E-state index contributed by atoms with van der Waals surface area (Å²) in [5.74, 6) is 0. The molecule has 0 radical (unpaired) electrons. The van der Waals surface area contributed by atoms with Crippen LogP contribution in [0.1, 0.15) is 0 Å². The molecule has 1 aromatic heterocycles. The molecule has 11 aromatic carbocycles. The van der Waals surface area contributed by atoms with Gasteiger partial charge in [0.15, 0.2) is 0 Å². The maximum Gasteiger partial charge on any atom is 0.0540 e. The fourth-order valence-electron chi connectivity index (χ4n) is 9.55. The van der Waals surface area contributed by atoms with Gasteiger partial charge in [-0.15, -0.1) is 11.3 Å². The third-order valence-electron chi connectivity index (χ3n) is 12.5. The number of rotatable bonds is 10. The van der Waals surface area contributed by atoms with E-state index >= 15 is 0 Å². The molecule has 0 atom stereocenters. The third kappa shape index (κ3) is 7.20. The Morgan fingerprint density at radius 1 is 0.242 bits per heavy atom. The van der Waals surface area contributed by atoms with Gasteiger partial charge in [0, 0.05) is 71.1 Å². The van der Waals surface area contributed by atoms with E-state index in [-0.39, 0.29) is 0 Å². The van der Waals surface area contributed by atoms with Gasteiger partial charge in [-0.3, -0.25) is 0 Å². The van der Waals surface area contributed by atoms with E-state index < -0.39 is 0 Å². The molecular weight excluding hydrogens is 819 g/mol. The zero-order valence-electron chi connectivity index (χ0n) is 36.1. The van der Waals surface area contributed by atoms with Crippen LogP contribution in [0.3, 0.4) is 0 Å². The molecule has 0 saturated heterocycles. The number of hydrogen-bond donors (Lipinski definition) is 0. The van der Waals surface area contributed by atoms with Gasteiger partial charge in [-0.05, 0) is 136 Å². The summed E-state index contributed by atoms with van der Waals surface area (Å²) in [6, 6.07) is 94.5. The van der Waals surface area contributed by atoms with E-state index in [1.165, 1.54) is 36.3 Å². The summed E-state index contributed by atoms with van der Waals surface area (Å²) in [7, 11) is 0. The molecule has 0 aliphatic rings. The fourth-order valence-corrected chi connectivity index (χ4v) is 10.6. The second-order valence-corrected chi connectivity index (χ2v) is 17.7. The predicted molar refractivity (Wildman–Crippen MR) is 284 cm³/mol. The number of benzene rings is 11. The van der Waals surface area contributed by atoms with Gasteiger partial charge in [0.2, 0.25) is 0 Å². The van der Waals surface area contributed by atoms with Gasteiger partial charge in [0.25, 0.3) is 0 Å². The molecule has 0 spiro atoms. The van der Waals surface area contributed by atoms with Crippen molar-refractivity contribution in [1.29, 1.82) is 0 Å². The number of nitrogens with zero attached hydrogens (tertiary/aromatic N) is 3. The monoisotopic (exact) mass is 861 g/mol. The van der Waals surface area contributed by atoms with Crippen molar-refractivity contribution in [2.75, 3.05) is 14.7 Å². The van der Waals surface area contributed by atoms with E-state index in [4.69, 9.17) is 0 Å². The number of fused-ring (bicyclic) bond motifs is 5. The van der Waals surface area contributed by atoms with Gasteiger partial charge >= 0.3 is 0 Å². The third-order valence-corrected chi connectivity index (χ3v) is 13.7. The van der Waals surface area contributed by atoms with Crippen LogP contribution >= 0.6 is 11.3 Å². The van der Waals surface area contributed by atoms with Crippen LogP contribution in [0.4, 0.5) is 51.2 Å². The number of anilines is 9. The molecule has 0 bridgehead atoms. The zero-order valence-corrected chi connectivity index (χ0v) is 36.9. The van der Waals surface area contributed by atoms with Crippen molar-refractivity contribution in [1.82, 2.24) is 0 Å². The summed E-state index contributed by atoms with van der Waals surface area (Å²) >= 11 is 1.85. The molecule has 0 fully saturated rings. The zero-order chi connectivity index (χ0) is 43.8. The molecule has 3 nitrogen and oxygen atoms in total. The average molecular weight is 862 g/mol. The van der Waals surface area contributed by atoms with Crippen molar-refractivity contribution < 1.29 is 0 Å². The van der Waals surface area contributed by atoms with E-state index in [1.54, 1.807) is 0 Å². The molecule has 0 aliphatic carbocycles. The standard InChI is InChI=1S/C62H43N3S/c1-5-21-47(22-6-1)63(48-23-7-2-8-24-48)53-40-46(41-54(42-53)64(49-25-9-3-10-26-49)50-27-11-4-12-28-50)55-30-17-32-57-56(55)31-18-33-60(57)65(51-36-35-44-19-13-14-20-45(44)39-51)52-37-38-62-59(43-52)58-29-15-16-34-61(58)66-62/h1-43H. The molecule has 0 amide bonds. The Kier molecular flexibility index (Phi) is 10.0. The minimum Gasteiger partial charge on any atom is -0.310 e. The summed E-state index contributed by atoms with van der Waals surface area (Å²) in [5, 5.41) is 7.31. The lowest BCUT2D eigenvalue weighted by Gasteiger charge is -2.30. The highest BCUT2D eigenvalue weighted by Crippen LogP contribution is 2.47. The molecule has 0 N–H and O–H groups in total. The first-order valence-corrected chi connectivity index (χ1v) is 23.2.